The summed E-state index contributed by atoms with van der Waals surface area (Å²) >= 11 is 0. The number of carbonyl (C=O) groups is 2. The van der Waals surface area contributed by atoms with Gasteiger partial charge in [0, 0.05) is 25.2 Å². The molecular weight excluding hydrogens is 344 g/mol. The van der Waals surface area contributed by atoms with Crippen molar-refractivity contribution in [2.24, 2.45) is 0 Å². The Balaban J connectivity index is 1.61. The molecule has 8 heteroatoms. The lowest BCUT2D eigenvalue weighted by Crippen LogP contribution is -2.49. The van der Waals surface area contributed by atoms with Crippen LogP contribution >= 0.6 is 0 Å². The normalized spacial score (nSPS) is 14.0. The molecule has 1 saturated heterocycles. The summed E-state index contributed by atoms with van der Waals surface area (Å²) in [5, 5.41) is 14.2. The van der Waals surface area contributed by atoms with Crippen LogP contribution in [0.1, 0.15) is 41.2 Å². The third-order valence-electron chi connectivity index (χ3n) is 4.49. The first kappa shape index (κ1) is 18.8. The van der Waals surface area contributed by atoms with Gasteiger partial charge in [-0.1, -0.05) is 26.0 Å². The molecule has 1 aliphatic heterocycles. The highest BCUT2D eigenvalue weighted by atomic mass is 16.2. The number of aromatic nitrogens is 3. The zero-order valence-corrected chi connectivity index (χ0v) is 15.7. The maximum Gasteiger partial charge on any atom is 0.254 e. The van der Waals surface area contributed by atoms with E-state index in [1.54, 1.807) is 17.0 Å². The SMILES string of the molecule is CCc1nnc(NCc2ccc(C(=O)N3CCNC(=O)C3)cc2)nc1CC. The number of hydrogen-bond donors (Lipinski definition) is 2. The average molecular weight is 368 g/mol. The number of piperazine rings is 1. The van der Waals surface area contributed by atoms with Gasteiger partial charge >= 0.3 is 0 Å². The number of nitrogens with zero attached hydrogens (tertiary/aromatic N) is 4. The Hall–Kier alpha value is -3.03. The summed E-state index contributed by atoms with van der Waals surface area (Å²) in [5.41, 5.74) is 3.47. The van der Waals surface area contributed by atoms with Crippen molar-refractivity contribution in [1.82, 2.24) is 25.4 Å². The predicted molar refractivity (Wildman–Crippen MR) is 101 cm³/mol. The quantitative estimate of drug-likeness (QED) is 0.794. The molecule has 1 aliphatic rings. The molecule has 0 saturated carbocycles. The lowest BCUT2D eigenvalue weighted by molar-refractivity contribution is -0.123. The lowest BCUT2D eigenvalue weighted by Gasteiger charge is -2.26. The van der Waals surface area contributed by atoms with Crippen LogP contribution in [0.2, 0.25) is 0 Å². The van der Waals surface area contributed by atoms with Gasteiger partial charge in [0.2, 0.25) is 11.9 Å². The number of aryl methyl sites for hydroxylation is 2. The molecule has 0 atom stereocenters. The number of nitrogens with one attached hydrogen (secondary N) is 2. The summed E-state index contributed by atoms with van der Waals surface area (Å²) in [7, 11) is 0. The van der Waals surface area contributed by atoms with Crippen LogP contribution in [0.4, 0.5) is 5.95 Å². The van der Waals surface area contributed by atoms with E-state index in [1.165, 1.54) is 0 Å². The first-order chi connectivity index (χ1) is 13.1. The largest absolute Gasteiger partial charge is 0.353 e. The van der Waals surface area contributed by atoms with Gasteiger partial charge in [0.1, 0.15) is 0 Å². The minimum absolute atomic E-state index is 0.111. The van der Waals surface area contributed by atoms with Gasteiger partial charge in [-0.15, -0.1) is 5.10 Å². The molecule has 2 aromatic rings. The maximum absolute atomic E-state index is 12.5. The molecule has 0 bridgehead atoms. The van der Waals surface area contributed by atoms with Crippen LogP contribution in [0.25, 0.3) is 0 Å². The van der Waals surface area contributed by atoms with Gasteiger partial charge < -0.3 is 15.5 Å². The Morgan fingerprint density at radius 3 is 2.56 bits per heavy atom. The van der Waals surface area contributed by atoms with Crippen molar-refractivity contribution in [1.29, 1.82) is 0 Å². The zero-order chi connectivity index (χ0) is 19.2. The molecular formula is C19H24N6O2. The molecule has 3 rings (SSSR count). The van der Waals surface area contributed by atoms with Gasteiger partial charge in [0.15, 0.2) is 0 Å². The van der Waals surface area contributed by atoms with E-state index in [9.17, 15) is 9.59 Å². The molecule has 27 heavy (non-hydrogen) atoms. The van der Waals surface area contributed by atoms with Crippen molar-refractivity contribution in [2.45, 2.75) is 33.2 Å². The maximum atomic E-state index is 12.5. The molecule has 2 N–H and O–H groups in total. The van der Waals surface area contributed by atoms with Crippen LogP contribution < -0.4 is 10.6 Å². The van der Waals surface area contributed by atoms with E-state index >= 15 is 0 Å². The van der Waals surface area contributed by atoms with Gasteiger partial charge in [-0.05, 0) is 30.5 Å². The molecule has 1 fully saturated rings. The van der Waals surface area contributed by atoms with E-state index in [4.69, 9.17) is 0 Å². The van der Waals surface area contributed by atoms with Crippen LogP contribution in [0, 0.1) is 0 Å². The van der Waals surface area contributed by atoms with Crippen LogP contribution in [0.15, 0.2) is 24.3 Å². The van der Waals surface area contributed by atoms with Gasteiger partial charge in [0.25, 0.3) is 5.91 Å². The number of rotatable bonds is 6. The zero-order valence-electron chi connectivity index (χ0n) is 15.7. The molecule has 0 aliphatic carbocycles. The topological polar surface area (TPSA) is 100 Å². The van der Waals surface area contributed by atoms with Gasteiger partial charge in [0.05, 0.1) is 17.9 Å². The highest BCUT2D eigenvalue weighted by Gasteiger charge is 2.22. The minimum atomic E-state index is -0.125. The molecule has 8 nitrogen and oxygen atoms in total. The number of carbonyl (C=O) groups excluding carboxylic acids is 2. The van der Waals surface area contributed by atoms with Crippen molar-refractivity contribution in [3.8, 4) is 0 Å². The highest BCUT2D eigenvalue weighted by molar-refractivity contribution is 5.97. The summed E-state index contributed by atoms with van der Waals surface area (Å²) < 4.78 is 0. The van der Waals surface area contributed by atoms with Crippen molar-refractivity contribution < 1.29 is 9.59 Å². The number of benzene rings is 1. The fourth-order valence-electron chi connectivity index (χ4n) is 2.95. The highest BCUT2D eigenvalue weighted by Crippen LogP contribution is 2.11. The Kier molecular flexibility index (Phi) is 5.95. The average Bonchev–Trinajstić information content (AvgIpc) is 2.71. The summed E-state index contributed by atoms with van der Waals surface area (Å²) in [5.74, 6) is 0.257. The van der Waals surface area contributed by atoms with E-state index in [0.29, 0.717) is 31.1 Å². The molecule has 142 valence electrons. The summed E-state index contributed by atoms with van der Waals surface area (Å²) in [6.07, 6.45) is 1.64. The molecule has 2 heterocycles. The second kappa shape index (κ2) is 8.57. The Labute approximate surface area is 158 Å². The summed E-state index contributed by atoms with van der Waals surface area (Å²) in [4.78, 5) is 30.0. The van der Waals surface area contributed by atoms with E-state index in [1.807, 2.05) is 19.1 Å². The third-order valence-corrected chi connectivity index (χ3v) is 4.49. The standard InChI is InChI=1S/C19H24N6O2/c1-3-15-16(4-2)23-24-19(22-15)21-11-13-5-7-14(8-6-13)18(27)25-10-9-20-17(26)12-25/h5-8H,3-4,9-12H2,1-2H3,(H,20,26)(H,21,22,24). The van der Waals surface area contributed by atoms with E-state index in [-0.39, 0.29) is 18.4 Å². The van der Waals surface area contributed by atoms with Gasteiger partial charge in [-0.3, -0.25) is 9.59 Å². The number of hydrogen-bond acceptors (Lipinski definition) is 6. The summed E-state index contributed by atoms with van der Waals surface area (Å²) in [6.45, 7) is 5.77. The summed E-state index contributed by atoms with van der Waals surface area (Å²) in [6, 6.07) is 7.34. The van der Waals surface area contributed by atoms with Crippen molar-refractivity contribution in [3.05, 3.63) is 46.8 Å². The molecule has 0 unspecified atom stereocenters. The first-order valence-corrected chi connectivity index (χ1v) is 9.22. The van der Waals surface area contributed by atoms with Crippen LogP contribution in [0.5, 0.6) is 0 Å². The van der Waals surface area contributed by atoms with E-state index < -0.39 is 0 Å². The van der Waals surface area contributed by atoms with Crippen LogP contribution in [0.3, 0.4) is 0 Å². The Bertz CT molecular complexity index is 821. The van der Waals surface area contributed by atoms with E-state index in [0.717, 1.165) is 29.8 Å². The predicted octanol–water partition coefficient (Wildman–Crippen LogP) is 1.18. The van der Waals surface area contributed by atoms with Crippen LogP contribution in [-0.2, 0) is 24.2 Å². The molecule has 0 radical (unpaired) electrons. The molecule has 0 spiro atoms. The minimum Gasteiger partial charge on any atom is -0.353 e. The Morgan fingerprint density at radius 1 is 1.15 bits per heavy atom. The van der Waals surface area contributed by atoms with E-state index in [2.05, 4.69) is 32.7 Å². The van der Waals surface area contributed by atoms with Crippen LogP contribution in [-0.4, -0.2) is 51.5 Å². The Morgan fingerprint density at radius 2 is 1.89 bits per heavy atom. The number of amides is 2. The molecule has 2 amide bonds. The number of anilines is 1. The lowest BCUT2D eigenvalue weighted by atomic mass is 10.1. The smallest absolute Gasteiger partial charge is 0.254 e. The molecule has 1 aromatic heterocycles. The third kappa shape index (κ3) is 4.58. The fraction of sp³-hybridized carbons (Fsp3) is 0.421. The second-order valence-electron chi connectivity index (χ2n) is 6.36. The fourth-order valence-corrected chi connectivity index (χ4v) is 2.95. The monoisotopic (exact) mass is 368 g/mol. The van der Waals surface area contributed by atoms with Crippen molar-refractivity contribution in [3.63, 3.8) is 0 Å². The van der Waals surface area contributed by atoms with Crippen molar-refractivity contribution >= 4 is 17.8 Å². The van der Waals surface area contributed by atoms with Crippen molar-refractivity contribution in [2.75, 3.05) is 25.0 Å². The molecule has 1 aromatic carbocycles. The second-order valence-corrected chi connectivity index (χ2v) is 6.36. The first-order valence-electron chi connectivity index (χ1n) is 9.22. The van der Waals surface area contributed by atoms with Gasteiger partial charge in [-0.2, -0.15) is 5.10 Å². The van der Waals surface area contributed by atoms with Gasteiger partial charge in [-0.25, -0.2) is 4.98 Å².